The van der Waals surface area contributed by atoms with Crippen LogP contribution >= 0.6 is 22.9 Å². The molecule has 1 aliphatic carbocycles. The smallest absolute Gasteiger partial charge is 0.280 e. The highest BCUT2D eigenvalue weighted by atomic mass is 35.5. The number of hydrogen-bond acceptors (Lipinski definition) is 6. The maximum absolute atomic E-state index is 13.9. The van der Waals surface area contributed by atoms with Crippen LogP contribution < -0.4 is 14.9 Å². The fourth-order valence-electron chi connectivity index (χ4n) is 5.67. The van der Waals surface area contributed by atoms with Crippen LogP contribution in [-0.2, 0) is 6.42 Å². The van der Waals surface area contributed by atoms with E-state index >= 15 is 0 Å². The van der Waals surface area contributed by atoms with Crippen molar-refractivity contribution in [1.82, 2.24) is 4.57 Å². The first-order chi connectivity index (χ1) is 19.9. The Labute approximate surface area is 243 Å². The summed E-state index contributed by atoms with van der Waals surface area (Å²) >= 11 is 7.52. The van der Waals surface area contributed by atoms with Crippen molar-refractivity contribution in [3.8, 4) is 11.3 Å². The summed E-state index contributed by atoms with van der Waals surface area (Å²) < 4.78 is 8.23. The summed E-state index contributed by atoms with van der Waals surface area (Å²) in [6.45, 7) is 1.80. The van der Waals surface area contributed by atoms with Crippen LogP contribution in [0.15, 0.2) is 98.6 Å². The summed E-state index contributed by atoms with van der Waals surface area (Å²) in [5.74, 6) is 0.791. The summed E-state index contributed by atoms with van der Waals surface area (Å²) in [5, 5.41) is 12.3. The molecule has 0 saturated heterocycles. The number of nitrogens with zero attached hydrogens (tertiary/aromatic N) is 3. The highest BCUT2D eigenvalue weighted by molar-refractivity contribution is 7.07. The highest BCUT2D eigenvalue weighted by Gasteiger charge is 2.32. The maximum atomic E-state index is 13.9. The second-order valence-electron chi connectivity index (χ2n) is 10.1. The summed E-state index contributed by atoms with van der Waals surface area (Å²) in [6, 6.07) is 24.0. The number of fused-ring (bicyclic) bond motifs is 3. The Morgan fingerprint density at radius 2 is 1.85 bits per heavy atom. The van der Waals surface area contributed by atoms with Gasteiger partial charge in [0.2, 0.25) is 0 Å². The monoisotopic (exact) mass is 579 g/mol. The zero-order chi connectivity index (χ0) is 28.2. The molecule has 202 valence electrons. The molecule has 0 amide bonds. The molecule has 0 spiro atoms. The van der Waals surface area contributed by atoms with Crippen molar-refractivity contribution in [3.05, 3.63) is 147 Å². The normalized spacial score (nSPS) is 16.1. The molecule has 1 atom stereocenters. The van der Waals surface area contributed by atoms with Crippen molar-refractivity contribution in [2.45, 2.75) is 25.8 Å². The van der Waals surface area contributed by atoms with Crippen LogP contribution in [0.25, 0.3) is 23.1 Å². The lowest BCUT2D eigenvalue weighted by molar-refractivity contribution is -0.384. The van der Waals surface area contributed by atoms with Crippen molar-refractivity contribution in [2.75, 3.05) is 0 Å². The number of benzene rings is 3. The molecule has 0 N–H and O–H groups in total. The van der Waals surface area contributed by atoms with E-state index in [1.54, 1.807) is 41.8 Å². The topological polar surface area (TPSA) is 90.6 Å². The highest BCUT2D eigenvalue weighted by Crippen LogP contribution is 2.41. The molecule has 3 heterocycles. The Bertz CT molecular complexity index is 2090. The second kappa shape index (κ2) is 9.83. The molecule has 7 nitrogen and oxygen atoms in total. The van der Waals surface area contributed by atoms with Gasteiger partial charge < -0.3 is 4.42 Å². The summed E-state index contributed by atoms with van der Waals surface area (Å²) in [7, 11) is 0. The largest absolute Gasteiger partial charge is 0.456 e. The number of aryl methyl sites for hydroxylation is 2. The van der Waals surface area contributed by atoms with Crippen LogP contribution in [0.2, 0.25) is 5.02 Å². The lowest BCUT2D eigenvalue weighted by Crippen LogP contribution is -2.38. The molecule has 0 saturated carbocycles. The Kier molecular flexibility index (Phi) is 6.10. The van der Waals surface area contributed by atoms with E-state index in [2.05, 4.69) is 12.1 Å². The zero-order valence-corrected chi connectivity index (χ0v) is 23.4. The molecular formula is C32H22ClN3O4S. The minimum Gasteiger partial charge on any atom is -0.456 e. The predicted molar refractivity (Wildman–Crippen MR) is 160 cm³/mol. The van der Waals surface area contributed by atoms with Gasteiger partial charge in [-0.05, 0) is 72.4 Å². The molecule has 41 heavy (non-hydrogen) atoms. The van der Waals surface area contributed by atoms with Gasteiger partial charge in [-0.25, -0.2) is 4.99 Å². The van der Waals surface area contributed by atoms with Gasteiger partial charge in [-0.2, -0.15) is 0 Å². The maximum Gasteiger partial charge on any atom is 0.280 e. The molecule has 9 heteroatoms. The minimum absolute atomic E-state index is 0.0286. The molecule has 0 fully saturated rings. The van der Waals surface area contributed by atoms with Crippen molar-refractivity contribution in [1.29, 1.82) is 0 Å². The average molecular weight is 580 g/mol. The zero-order valence-electron chi connectivity index (χ0n) is 21.8. The third-order valence-corrected chi connectivity index (χ3v) is 8.81. The van der Waals surface area contributed by atoms with E-state index in [1.165, 1.54) is 23.0 Å². The van der Waals surface area contributed by atoms with E-state index in [4.69, 9.17) is 21.0 Å². The number of halogens is 1. The van der Waals surface area contributed by atoms with Gasteiger partial charge >= 0.3 is 0 Å². The first-order valence-corrected chi connectivity index (χ1v) is 14.3. The van der Waals surface area contributed by atoms with Gasteiger partial charge in [0.15, 0.2) is 4.80 Å². The van der Waals surface area contributed by atoms with Gasteiger partial charge in [0, 0.05) is 22.7 Å². The quantitative estimate of drug-likeness (QED) is 0.181. The van der Waals surface area contributed by atoms with Gasteiger partial charge in [-0.1, -0.05) is 65.4 Å². The third-order valence-electron chi connectivity index (χ3n) is 7.57. The molecule has 0 radical (unpaired) electrons. The Morgan fingerprint density at radius 3 is 2.66 bits per heavy atom. The predicted octanol–water partition coefficient (Wildman–Crippen LogP) is 6.45. The second-order valence-corrected chi connectivity index (χ2v) is 11.6. The molecule has 5 aromatic rings. The lowest BCUT2D eigenvalue weighted by atomic mass is 9.83. The van der Waals surface area contributed by atoms with Crippen molar-refractivity contribution < 1.29 is 9.34 Å². The number of allylic oxidation sites excluding steroid dienone is 1. The van der Waals surface area contributed by atoms with E-state index in [0.717, 1.165) is 40.8 Å². The number of nitro benzene ring substituents is 1. The molecule has 0 unspecified atom stereocenters. The molecule has 2 aliphatic rings. The summed E-state index contributed by atoms with van der Waals surface area (Å²) in [4.78, 5) is 30.8. The lowest BCUT2D eigenvalue weighted by Gasteiger charge is -2.30. The van der Waals surface area contributed by atoms with E-state index in [1.807, 2.05) is 36.4 Å². The SMILES string of the molecule is Cc1ccc(-c2ccc(/C=c3/sc4n(c3=O)[C@@H](c3ccc(Cl)cc3)C3=C(N=4)c4ccccc4CC3)o2)c([N+](=O)[O-])c1. The minimum atomic E-state index is -0.417. The molecule has 3 aromatic carbocycles. The van der Waals surface area contributed by atoms with Gasteiger partial charge in [0.1, 0.15) is 11.5 Å². The van der Waals surface area contributed by atoms with Crippen LogP contribution in [0.1, 0.15) is 40.5 Å². The Balaban J connectivity index is 1.38. The van der Waals surface area contributed by atoms with E-state index in [0.29, 0.717) is 31.4 Å². The number of hydrogen-bond donors (Lipinski definition) is 0. The van der Waals surface area contributed by atoms with Gasteiger partial charge in [0.25, 0.3) is 11.2 Å². The van der Waals surface area contributed by atoms with Gasteiger partial charge in [-0.3, -0.25) is 19.5 Å². The Morgan fingerprint density at radius 1 is 1.05 bits per heavy atom. The summed E-state index contributed by atoms with van der Waals surface area (Å²) in [5.41, 5.74) is 6.32. The van der Waals surface area contributed by atoms with Crippen molar-refractivity contribution >= 4 is 40.4 Å². The molecular weight excluding hydrogens is 558 g/mol. The van der Waals surface area contributed by atoms with Crippen LogP contribution in [0.5, 0.6) is 0 Å². The number of aromatic nitrogens is 1. The third kappa shape index (κ3) is 4.36. The fourth-order valence-corrected chi connectivity index (χ4v) is 6.78. The van der Waals surface area contributed by atoms with Crippen molar-refractivity contribution in [2.24, 2.45) is 4.99 Å². The first-order valence-electron chi connectivity index (χ1n) is 13.1. The number of thiazole rings is 1. The van der Waals surface area contributed by atoms with E-state index < -0.39 is 4.92 Å². The standard InChI is InChI=1S/C32H22ClN3O4S/c1-18-6-13-24(26(16-18)36(38)39)27-15-12-22(40-27)17-28-31(37)35-30(20-7-10-21(33)11-8-20)25-14-9-19-4-2-3-5-23(19)29(25)34-32(35)41-28/h2-8,10-13,15-17,30H,9,14H2,1H3/b28-17+/t30-/m0/s1. The van der Waals surface area contributed by atoms with Crippen molar-refractivity contribution in [3.63, 3.8) is 0 Å². The molecule has 0 bridgehead atoms. The number of nitro groups is 1. The number of furan rings is 1. The van der Waals surface area contributed by atoms with Gasteiger partial charge in [0.05, 0.1) is 26.8 Å². The molecule has 7 rings (SSSR count). The van der Waals surface area contributed by atoms with E-state index in [-0.39, 0.29) is 17.3 Å². The molecule has 1 aliphatic heterocycles. The van der Waals surface area contributed by atoms with Crippen LogP contribution in [0.4, 0.5) is 5.69 Å². The Hall–Kier alpha value is -4.53. The fraction of sp³-hybridized carbons (Fsp3) is 0.125. The molecule has 2 aromatic heterocycles. The van der Waals surface area contributed by atoms with Crippen LogP contribution in [0, 0.1) is 17.0 Å². The summed E-state index contributed by atoms with van der Waals surface area (Å²) in [6.07, 6.45) is 3.35. The number of rotatable bonds is 4. The first kappa shape index (κ1) is 25.4. The average Bonchev–Trinajstić information content (AvgIpc) is 3.56. The van der Waals surface area contributed by atoms with Crippen LogP contribution in [0.3, 0.4) is 0 Å². The van der Waals surface area contributed by atoms with E-state index in [9.17, 15) is 14.9 Å². The van der Waals surface area contributed by atoms with Crippen LogP contribution in [-0.4, -0.2) is 9.49 Å². The van der Waals surface area contributed by atoms with Gasteiger partial charge in [-0.15, -0.1) is 0 Å².